The van der Waals surface area contributed by atoms with Gasteiger partial charge in [0.05, 0.1) is 6.61 Å². The van der Waals surface area contributed by atoms with Crippen molar-refractivity contribution in [2.45, 2.75) is 45.2 Å². The van der Waals surface area contributed by atoms with Gasteiger partial charge in [0.15, 0.2) is 0 Å². The van der Waals surface area contributed by atoms with Crippen LogP contribution in [-0.4, -0.2) is 36.1 Å². The quantitative estimate of drug-likeness (QED) is 0.526. The van der Waals surface area contributed by atoms with Crippen molar-refractivity contribution in [3.63, 3.8) is 0 Å². The van der Waals surface area contributed by atoms with Crippen molar-refractivity contribution >= 4 is 5.97 Å². The Bertz CT molecular complexity index is 228. The van der Waals surface area contributed by atoms with Crippen LogP contribution >= 0.6 is 0 Å². The second-order valence-electron chi connectivity index (χ2n) is 3.98. The average molecular weight is 211 g/mol. The normalized spacial score (nSPS) is 24.5. The maximum Gasteiger partial charge on any atom is 0.323 e. The lowest BCUT2D eigenvalue weighted by atomic mass is 10.00. The predicted molar refractivity (Wildman–Crippen MR) is 60.6 cm³/mol. The van der Waals surface area contributed by atoms with Crippen molar-refractivity contribution in [1.29, 1.82) is 0 Å². The van der Waals surface area contributed by atoms with E-state index in [1.165, 1.54) is 0 Å². The number of ether oxygens (including phenoxy) is 1. The molecule has 3 nitrogen and oxygen atoms in total. The molecule has 0 spiro atoms. The van der Waals surface area contributed by atoms with Gasteiger partial charge in [-0.2, -0.15) is 0 Å². The number of rotatable bonds is 4. The van der Waals surface area contributed by atoms with Crippen LogP contribution in [0, 0.1) is 0 Å². The Hall–Kier alpha value is -0.830. The molecule has 1 heterocycles. The fourth-order valence-corrected chi connectivity index (χ4v) is 2.07. The summed E-state index contributed by atoms with van der Waals surface area (Å²) in [5, 5.41) is 0. The van der Waals surface area contributed by atoms with Crippen molar-refractivity contribution in [2.75, 3.05) is 13.2 Å². The highest BCUT2D eigenvalue weighted by molar-refractivity contribution is 5.76. The second-order valence-corrected chi connectivity index (χ2v) is 3.98. The van der Waals surface area contributed by atoms with Crippen molar-refractivity contribution in [3.05, 3.63) is 12.7 Å². The summed E-state index contributed by atoms with van der Waals surface area (Å²) < 4.78 is 5.09. The zero-order chi connectivity index (χ0) is 11.3. The number of carbonyl (C=O) groups is 1. The van der Waals surface area contributed by atoms with Gasteiger partial charge in [-0.3, -0.25) is 9.69 Å². The van der Waals surface area contributed by atoms with E-state index in [1.54, 1.807) is 0 Å². The molecule has 15 heavy (non-hydrogen) atoms. The van der Waals surface area contributed by atoms with Gasteiger partial charge in [0.25, 0.3) is 0 Å². The van der Waals surface area contributed by atoms with E-state index in [9.17, 15) is 4.79 Å². The number of carbonyl (C=O) groups excluding carboxylic acids is 1. The topological polar surface area (TPSA) is 29.5 Å². The van der Waals surface area contributed by atoms with Crippen LogP contribution in [0.1, 0.15) is 33.1 Å². The minimum atomic E-state index is -0.0779. The smallest absolute Gasteiger partial charge is 0.323 e. The lowest BCUT2D eigenvalue weighted by Crippen LogP contribution is -2.49. The highest BCUT2D eigenvalue weighted by atomic mass is 16.5. The first-order valence-corrected chi connectivity index (χ1v) is 5.75. The molecule has 1 fully saturated rings. The Morgan fingerprint density at radius 3 is 3.00 bits per heavy atom. The number of esters is 1. The molecule has 0 amide bonds. The van der Waals surface area contributed by atoms with E-state index >= 15 is 0 Å². The molecule has 0 bridgehead atoms. The largest absolute Gasteiger partial charge is 0.465 e. The van der Waals surface area contributed by atoms with E-state index in [0.717, 1.165) is 25.8 Å². The maximum atomic E-state index is 11.7. The molecule has 0 aliphatic carbocycles. The van der Waals surface area contributed by atoms with Gasteiger partial charge in [0.2, 0.25) is 0 Å². The van der Waals surface area contributed by atoms with Gasteiger partial charge in [-0.1, -0.05) is 12.5 Å². The lowest BCUT2D eigenvalue weighted by molar-refractivity contribution is -0.151. The zero-order valence-corrected chi connectivity index (χ0v) is 9.74. The molecule has 0 aromatic carbocycles. The van der Waals surface area contributed by atoms with Gasteiger partial charge in [-0.25, -0.2) is 0 Å². The van der Waals surface area contributed by atoms with Crippen LogP contribution in [0.4, 0.5) is 0 Å². The molecule has 1 rings (SSSR count). The average Bonchev–Trinajstić information content (AvgIpc) is 2.28. The SMILES string of the molecule is C=CC(C)N1CCCCC1C(=O)OCC. The third-order valence-corrected chi connectivity index (χ3v) is 2.97. The van der Waals surface area contributed by atoms with Gasteiger partial charge in [-0.15, -0.1) is 6.58 Å². The summed E-state index contributed by atoms with van der Waals surface area (Å²) in [7, 11) is 0. The molecule has 1 aliphatic heterocycles. The van der Waals surface area contributed by atoms with Crippen LogP contribution in [0.2, 0.25) is 0 Å². The van der Waals surface area contributed by atoms with Gasteiger partial charge >= 0.3 is 5.97 Å². The van der Waals surface area contributed by atoms with E-state index in [0.29, 0.717) is 6.61 Å². The molecule has 0 aromatic rings. The van der Waals surface area contributed by atoms with Crippen molar-refractivity contribution < 1.29 is 9.53 Å². The number of hydrogen-bond donors (Lipinski definition) is 0. The summed E-state index contributed by atoms with van der Waals surface area (Å²) in [4.78, 5) is 13.9. The van der Waals surface area contributed by atoms with E-state index in [4.69, 9.17) is 4.74 Å². The van der Waals surface area contributed by atoms with Gasteiger partial charge in [0, 0.05) is 6.04 Å². The van der Waals surface area contributed by atoms with Crippen LogP contribution in [0.25, 0.3) is 0 Å². The number of hydrogen-bond acceptors (Lipinski definition) is 3. The monoisotopic (exact) mass is 211 g/mol. The molecule has 2 unspecified atom stereocenters. The highest BCUT2D eigenvalue weighted by Crippen LogP contribution is 2.20. The summed E-state index contributed by atoms with van der Waals surface area (Å²) in [6.07, 6.45) is 5.08. The molecule has 0 saturated carbocycles. The van der Waals surface area contributed by atoms with Crippen LogP contribution in [0.3, 0.4) is 0 Å². The fourth-order valence-electron chi connectivity index (χ4n) is 2.07. The summed E-state index contributed by atoms with van der Waals surface area (Å²) in [6.45, 7) is 9.14. The molecular formula is C12H21NO2. The first kappa shape index (κ1) is 12.2. The minimum absolute atomic E-state index is 0.0632. The van der Waals surface area contributed by atoms with Crippen LogP contribution in [0.5, 0.6) is 0 Å². The zero-order valence-electron chi connectivity index (χ0n) is 9.74. The van der Waals surface area contributed by atoms with Crippen LogP contribution in [0.15, 0.2) is 12.7 Å². The number of likely N-dealkylation sites (tertiary alicyclic amines) is 1. The predicted octanol–water partition coefficient (Wildman–Crippen LogP) is 1.98. The molecule has 0 N–H and O–H groups in total. The molecule has 1 aliphatic rings. The highest BCUT2D eigenvalue weighted by Gasteiger charge is 2.31. The molecule has 0 radical (unpaired) electrons. The van der Waals surface area contributed by atoms with Crippen molar-refractivity contribution in [2.24, 2.45) is 0 Å². The van der Waals surface area contributed by atoms with Gasteiger partial charge in [0.1, 0.15) is 6.04 Å². The molecular weight excluding hydrogens is 190 g/mol. The summed E-state index contributed by atoms with van der Waals surface area (Å²) in [5.74, 6) is -0.0779. The van der Waals surface area contributed by atoms with Gasteiger partial charge in [-0.05, 0) is 33.2 Å². The number of nitrogens with zero attached hydrogens (tertiary/aromatic N) is 1. The Morgan fingerprint density at radius 2 is 2.40 bits per heavy atom. The van der Waals surface area contributed by atoms with E-state index in [-0.39, 0.29) is 18.1 Å². The molecule has 86 valence electrons. The van der Waals surface area contributed by atoms with Crippen molar-refractivity contribution in [3.8, 4) is 0 Å². The molecule has 2 atom stereocenters. The lowest BCUT2D eigenvalue weighted by Gasteiger charge is -2.37. The number of piperidine rings is 1. The van der Waals surface area contributed by atoms with Gasteiger partial charge < -0.3 is 4.74 Å². The molecule has 3 heteroatoms. The summed E-state index contributed by atoms with van der Waals surface area (Å²) >= 11 is 0. The second kappa shape index (κ2) is 5.91. The fraction of sp³-hybridized carbons (Fsp3) is 0.750. The van der Waals surface area contributed by atoms with E-state index in [1.807, 2.05) is 13.0 Å². The summed E-state index contributed by atoms with van der Waals surface area (Å²) in [6, 6.07) is 0.186. The minimum Gasteiger partial charge on any atom is -0.465 e. The Kier molecular flexibility index (Phi) is 4.82. The van der Waals surface area contributed by atoms with Crippen LogP contribution in [-0.2, 0) is 9.53 Å². The third kappa shape index (κ3) is 3.06. The Balaban J connectivity index is 2.64. The molecule has 1 saturated heterocycles. The first-order valence-electron chi connectivity index (χ1n) is 5.75. The third-order valence-electron chi connectivity index (χ3n) is 2.97. The van der Waals surface area contributed by atoms with E-state index in [2.05, 4.69) is 18.4 Å². The maximum absolute atomic E-state index is 11.7. The summed E-state index contributed by atoms with van der Waals surface area (Å²) in [5.41, 5.74) is 0. The Morgan fingerprint density at radius 1 is 1.67 bits per heavy atom. The van der Waals surface area contributed by atoms with Crippen molar-refractivity contribution in [1.82, 2.24) is 4.90 Å². The standard InChI is InChI=1S/C12H21NO2/c1-4-10(3)13-9-7-6-8-11(13)12(14)15-5-2/h4,10-11H,1,5-9H2,2-3H3. The van der Waals surface area contributed by atoms with E-state index < -0.39 is 0 Å². The molecule has 0 aromatic heterocycles. The van der Waals surface area contributed by atoms with Crippen LogP contribution < -0.4 is 0 Å². The Labute approximate surface area is 92.1 Å². The first-order chi connectivity index (χ1) is 7.20.